The fourth-order valence-corrected chi connectivity index (χ4v) is 3.00. The fourth-order valence-electron chi connectivity index (χ4n) is 2.15. The molecule has 6 nitrogen and oxygen atoms in total. The molecule has 2 aromatic heterocycles. The molecule has 3 rings (SSSR count). The third-order valence-corrected chi connectivity index (χ3v) is 4.39. The van der Waals surface area contributed by atoms with Crippen LogP contribution in [0.5, 0.6) is 0 Å². The van der Waals surface area contributed by atoms with Crippen LogP contribution in [-0.4, -0.2) is 19.7 Å². The highest BCUT2D eigenvalue weighted by atomic mass is 32.2. The first-order valence-corrected chi connectivity index (χ1v) is 8.54. The number of aromatic amines is 1. The monoisotopic (exact) mass is 330 g/mol. The van der Waals surface area contributed by atoms with E-state index in [1.807, 2.05) is 30.3 Å². The number of benzene rings is 1. The molecule has 1 aromatic carbocycles. The summed E-state index contributed by atoms with van der Waals surface area (Å²) >= 11 is 1.48. The number of H-pyrrole nitrogens is 1. The highest BCUT2D eigenvalue weighted by molar-refractivity contribution is 7.98. The second-order valence-corrected chi connectivity index (χ2v) is 6.06. The van der Waals surface area contributed by atoms with Gasteiger partial charge in [-0.3, -0.25) is 4.57 Å². The van der Waals surface area contributed by atoms with E-state index < -0.39 is 0 Å². The Kier molecular flexibility index (Phi) is 4.97. The second-order valence-electron chi connectivity index (χ2n) is 5.12. The summed E-state index contributed by atoms with van der Waals surface area (Å²) in [6.07, 6.45) is 3.64. The van der Waals surface area contributed by atoms with Crippen molar-refractivity contribution in [3.8, 4) is 11.5 Å². The molecule has 0 saturated carbocycles. The van der Waals surface area contributed by atoms with Crippen molar-refractivity contribution in [3.63, 3.8) is 0 Å². The van der Waals surface area contributed by atoms with E-state index in [-0.39, 0.29) is 5.69 Å². The van der Waals surface area contributed by atoms with E-state index >= 15 is 0 Å². The van der Waals surface area contributed by atoms with E-state index in [2.05, 4.69) is 22.1 Å². The predicted octanol–water partition coefficient (Wildman–Crippen LogP) is 3.32. The largest absolute Gasteiger partial charge is 0.444 e. The Bertz CT molecular complexity index is 807. The van der Waals surface area contributed by atoms with Crippen LogP contribution in [0.1, 0.15) is 25.5 Å². The molecule has 0 saturated heterocycles. The molecule has 1 N–H and O–H groups in total. The lowest BCUT2D eigenvalue weighted by molar-refractivity contribution is 0.572. The lowest BCUT2D eigenvalue weighted by Crippen LogP contribution is -2.17. The zero-order valence-electron chi connectivity index (χ0n) is 12.9. The van der Waals surface area contributed by atoms with Crippen molar-refractivity contribution in [1.29, 1.82) is 0 Å². The summed E-state index contributed by atoms with van der Waals surface area (Å²) in [7, 11) is 0. The van der Waals surface area contributed by atoms with E-state index in [9.17, 15) is 4.79 Å². The average molecular weight is 330 g/mol. The zero-order chi connectivity index (χ0) is 16.1. The summed E-state index contributed by atoms with van der Waals surface area (Å²) in [5.74, 6) is 1.21. The minimum absolute atomic E-state index is 0.161. The van der Waals surface area contributed by atoms with Crippen LogP contribution < -0.4 is 5.69 Å². The summed E-state index contributed by atoms with van der Waals surface area (Å²) in [6.45, 7) is 2.78. The zero-order valence-corrected chi connectivity index (χ0v) is 13.7. The second kappa shape index (κ2) is 7.32. The molecule has 0 unspecified atom stereocenters. The van der Waals surface area contributed by atoms with E-state index in [1.54, 1.807) is 10.8 Å². The maximum atomic E-state index is 11.7. The van der Waals surface area contributed by atoms with E-state index in [0.717, 1.165) is 24.1 Å². The van der Waals surface area contributed by atoms with Gasteiger partial charge in [0.25, 0.3) is 0 Å². The number of oxazole rings is 1. The molecule has 3 aromatic rings. The Hall–Kier alpha value is -2.28. The van der Waals surface area contributed by atoms with Crippen molar-refractivity contribution >= 4 is 11.8 Å². The van der Waals surface area contributed by atoms with Crippen LogP contribution in [0.3, 0.4) is 0 Å². The first kappa shape index (κ1) is 15.6. The van der Waals surface area contributed by atoms with Crippen LogP contribution in [0.4, 0.5) is 0 Å². The maximum Gasteiger partial charge on any atom is 0.343 e. The Labute approximate surface area is 137 Å². The number of aromatic nitrogens is 4. The number of hydrogen-bond acceptors (Lipinski definition) is 5. The third-order valence-electron chi connectivity index (χ3n) is 3.38. The summed E-state index contributed by atoms with van der Waals surface area (Å²) < 4.78 is 7.19. The van der Waals surface area contributed by atoms with Gasteiger partial charge in [0.2, 0.25) is 5.89 Å². The van der Waals surface area contributed by atoms with Crippen molar-refractivity contribution in [2.75, 3.05) is 0 Å². The van der Waals surface area contributed by atoms with Gasteiger partial charge in [-0.15, -0.1) is 5.10 Å². The molecule has 0 atom stereocenters. The van der Waals surface area contributed by atoms with Crippen LogP contribution in [0.25, 0.3) is 11.5 Å². The number of unbranched alkanes of at least 4 members (excludes halogenated alkanes) is 1. The molecule has 0 amide bonds. The minimum Gasteiger partial charge on any atom is -0.444 e. The van der Waals surface area contributed by atoms with Gasteiger partial charge < -0.3 is 4.42 Å². The molecule has 7 heteroatoms. The normalized spacial score (nSPS) is 11.0. The molecule has 0 fully saturated rings. The summed E-state index contributed by atoms with van der Waals surface area (Å²) in [6, 6.07) is 9.77. The van der Waals surface area contributed by atoms with Gasteiger partial charge in [0, 0.05) is 17.9 Å². The van der Waals surface area contributed by atoms with Gasteiger partial charge in [0.1, 0.15) is 6.26 Å². The summed E-state index contributed by atoms with van der Waals surface area (Å²) in [5, 5.41) is 7.27. The van der Waals surface area contributed by atoms with E-state index in [1.165, 1.54) is 11.8 Å². The number of nitrogens with zero attached hydrogens (tertiary/aromatic N) is 3. The van der Waals surface area contributed by atoms with Crippen LogP contribution in [-0.2, 0) is 12.3 Å². The van der Waals surface area contributed by atoms with Crippen molar-refractivity contribution < 1.29 is 4.42 Å². The van der Waals surface area contributed by atoms with Gasteiger partial charge in [-0.05, 0) is 18.6 Å². The number of thioether (sulfide) groups is 1. The molecule has 0 spiro atoms. The molecule has 0 aliphatic carbocycles. The van der Waals surface area contributed by atoms with Gasteiger partial charge in [0.05, 0.1) is 5.69 Å². The Morgan fingerprint density at radius 3 is 2.91 bits per heavy atom. The van der Waals surface area contributed by atoms with Crippen LogP contribution in [0, 0.1) is 0 Å². The quantitative estimate of drug-likeness (QED) is 0.673. The Balaban J connectivity index is 1.68. The molecule has 0 aliphatic rings. The molecule has 2 heterocycles. The maximum absolute atomic E-state index is 11.7. The van der Waals surface area contributed by atoms with E-state index in [4.69, 9.17) is 4.42 Å². The van der Waals surface area contributed by atoms with Crippen molar-refractivity contribution in [1.82, 2.24) is 19.7 Å². The average Bonchev–Trinajstić information content (AvgIpc) is 3.19. The van der Waals surface area contributed by atoms with Gasteiger partial charge >= 0.3 is 5.69 Å². The van der Waals surface area contributed by atoms with Crippen LogP contribution in [0.2, 0.25) is 0 Å². The fraction of sp³-hybridized carbons (Fsp3) is 0.312. The molecule has 23 heavy (non-hydrogen) atoms. The first-order chi connectivity index (χ1) is 11.3. The van der Waals surface area contributed by atoms with Gasteiger partial charge in [0.15, 0.2) is 5.16 Å². The van der Waals surface area contributed by atoms with Gasteiger partial charge in [-0.2, -0.15) is 0 Å². The lowest BCUT2D eigenvalue weighted by Gasteiger charge is -2.02. The molecule has 120 valence electrons. The SMILES string of the molecule is CCCCn1c(SCc2coc(-c3ccccc3)n2)n[nH]c1=O. The number of nitrogens with one attached hydrogen (secondary N) is 1. The van der Waals surface area contributed by atoms with Crippen LogP contribution >= 0.6 is 11.8 Å². The summed E-state index contributed by atoms with van der Waals surface area (Å²) in [5.41, 5.74) is 1.61. The van der Waals surface area contributed by atoms with Crippen molar-refractivity contribution in [3.05, 3.63) is 52.8 Å². The van der Waals surface area contributed by atoms with Crippen molar-refractivity contribution in [2.24, 2.45) is 0 Å². The predicted molar refractivity (Wildman–Crippen MR) is 89.3 cm³/mol. The van der Waals surface area contributed by atoms with E-state index in [0.29, 0.717) is 23.3 Å². The molecular formula is C16H18N4O2S. The van der Waals surface area contributed by atoms with Gasteiger partial charge in [-0.25, -0.2) is 14.9 Å². The minimum atomic E-state index is -0.161. The molecule has 0 radical (unpaired) electrons. The van der Waals surface area contributed by atoms with Crippen LogP contribution in [0.15, 0.2) is 51.0 Å². The summed E-state index contributed by atoms with van der Waals surface area (Å²) in [4.78, 5) is 16.2. The molecular weight excluding hydrogens is 312 g/mol. The molecule has 0 bridgehead atoms. The third kappa shape index (κ3) is 3.73. The Morgan fingerprint density at radius 2 is 2.13 bits per heavy atom. The topological polar surface area (TPSA) is 76.7 Å². The number of rotatable bonds is 7. The number of hydrogen-bond donors (Lipinski definition) is 1. The lowest BCUT2D eigenvalue weighted by atomic mass is 10.2. The van der Waals surface area contributed by atoms with Crippen molar-refractivity contribution in [2.45, 2.75) is 37.2 Å². The standard InChI is InChI=1S/C16H18N4O2S/c1-2-3-9-20-15(21)18-19-16(20)23-11-13-10-22-14(17-13)12-7-5-4-6-8-12/h4-8,10H,2-3,9,11H2,1H3,(H,18,21). The van der Waals surface area contributed by atoms with Gasteiger partial charge in [-0.1, -0.05) is 43.3 Å². The first-order valence-electron chi connectivity index (χ1n) is 7.55. The Morgan fingerprint density at radius 1 is 1.30 bits per heavy atom. The molecule has 0 aliphatic heterocycles. The highest BCUT2D eigenvalue weighted by Gasteiger charge is 2.11. The smallest absolute Gasteiger partial charge is 0.343 e. The highest BCUT2D eigenvalue weighted by Crippen LogP contribution is 2.23.